The summed E-state index contributed by atoms with van der Waals surface area (Å²) in [5, 5.41) is 26.1. The Morgan fingerprint density at radius 1 is 1.48 bits per heavy atom. The number of nitro groups is 1. The summed E-state index contributed by atoms with van der Waals surface area (Å²) < 4.78 is 1.57. The van der Waals surface area contributed by atoms with E-state index in [1.807, 2.05) is 0 Å². The third-order valence-electron chi connectivity index (χ3n) is 2.80. The van der Waals surface area contributed by atoms with Crippen molar-refractivity contribution in [1.29, 1.82) is 0 Å². The van der Waals surface area contributed by atoms with Crippen molar-refractivity contribution in [2.24, 2.45) is 7.05 Å². The Morgan fingerprint density at radius 2 is 2.29 bits per heavy atom. The predicted octanol–water partition coefficient (Wildman–Crippen LogP) is 2.23. The van der Waals surface area contributed by atoms with Gasteiger partial charge in [0.25, 0.3) is 5.69 Å². The summed E-state index contributed by atoms with van der Waals surface area (Å²) >= 11 is 1.44. The average Bonchev–Trinajstić information content (AvgIpc) is 2.88. The van der Waals surface area contributed by atoms with Crippen molar-refractivity contribution < 1.29 is 4.92 Å². The maximum atomic E-state index is 10.9. The van der Waals surface area contributed by atoms with Crippen LogP contribution in [0.5, 0.6) is 0 Å². The molecule has 0 bridgehead atoms. The van der Waals surface area contributed by atoms with Gasteiger partial charge in [0.2, 0.25) is 5.16 Å². The molecule has 9 heteroatoms. The minimum atomic E-state index is -0.387. The van der Waals surface area contributed by atoms with Crippen LogP contribution < -0.4 is 5.32 Å². The maximum Gasteiger partial charge on any atom is 0.269 e. The molecule has 1 N–H and O–H groups in total. The number of nitrogens with zero attached hydrogens (tertiary/aromatic N) is 5. The van der Waals surface area contributed by atoms with Crippen LogP contribution >= 0.6 is 11.8 Å². The lowest BCUT2D eigenvalue weighted by atomic mass is 10.1. The van der Waals surface area contributed by atoms with Crippen LogP contribution in [0.15, 0.2) is 23.4 Å². The summed E-state index contributed by atoms with van der Waals surface area (Å²) in [6.07, 6.45) is 0.983. The van der Waals surface area contributed by atoms with E-state index in [1.165, 1.54) is 17.8 Å². The molecule has 0 fully saturated rings. The molecule has 0 aliphatic heterocycles. The van der Waals surface area contributed by atoms with E-state index in [-0.39, 0.29) is 10.6 Å². The molecule has 8 nitrogen and oxygen atoms in total. The van der Waals surface area contributed by atoms with Crippen LogP contribution in [-0.4, -0.2) is 31.7 Å². The largest absolute Gasteiger partial charge is 0.385 e. The molecule has 0 aliphatic rings. The first-order valence-corrected chi connectivity index (χ1v) is 7.46. The lowest BCUT2D eigenvalue weighted by Gasteiger charge is -2.10. The zero-order valence-electron chi connectivity index (χ0n) is 11.8. The molecule has 0 spiro atoms. The van der Waals surface area contributed by atoms with Crippen molar-refractivity contribution in [3.8, 4) is 0 Å². The number of benzene rings is 1. The lowest BCUT2D eigenvalue weighted by Crippen LogP contribution is -2.03. The quantitative estimate of drug-likeness (QED) is 0.475. The topological polar surface area (TPSA) is 98.8 Å². The van der Waals surface area contributed by atoms with E-state index in [4.69, 9.17) is 0 Å². The Kier molecular flexibility index (Phi) is 5.09. The van der Waals surface area contributed by atoms with Gasteiger partial charge in [-0.2, -0.15) is 0 Å². The Balaban J connectivity index is 2.19. The minimum absolute atomic E-state index is 0.0868. The summed E-state index contributed by atoms with van der Waals surface area (Å²) in [4.78, 5) is 10.5. The van der Waals surface area contributed by atoms with Gasteiger partial charge in [-0.25, -0.2) is 4.68 Å². The first-order chi connectivity index (χ1) is 10.1. The molecule has 1 aromatic heterocycles. The lowest BCUT2D eigenvalue weighted by molar-refractivity contribution is -0.384. The fourth-order valence-corrected chi connectivity index (χ4v) is 2.57. The summed E-state index contributed by atoms with van der Waals surface area (Å²) in [6.45, 7) is 2.89. The molecule has 112 valence electrons. The number of nitro benzene ring substituents is 1. The van der Waals surface area contributed by atoms with Crippen LogP contribution in [0.3, 0.4) is 0 Å². The number of hydrogen-bond acceptors (Lipinski definition) is 7. The van der Waals surface area contributed by atoms with E-state index in [0.29, 0.717) is 10.9 Å². The van der Waals surface area contributed by atoms with E-state index < -0.39 is 0 Å². The Bertz CT molecular complexity index is 630. The number of hydrogen-bond donors (Lipinski definition) is 1. The Morgan fingerprint density at radius 3 is 2.90 bits per heavy atom. The maximum absolute atomic E-state index is 10.9. The number of rotatable bonds is 7. The summed E-state index contributed by atoms with van der Waals surface area (Å²) in [5.74, 6) is 0.557. The van der Waals surface area contributed by atoms with E-state index in [1.54, 1.807) is 23.9 Å². The molecule has 1 heterocycles. The number of tetrazole rings is 1. The van der Waals surface area contributed by atoms with Crippen LogP contribution in [0.2, 0.25) is 0 Å². The van der Waals surface area contributed by atoms with Crippen molar-refractivity contribution >= 4 is 23.1 Å². The molecule has 0 atom stereocenters. The van der Waals surface area contributed by atoms with Gasteiger partial charge < -0.3 is 5.32 Å². The number of nitrogens with one attached hydrogen (secondary N) is 1. The molecule has 2 aromatic rings. The number of aromatic nitrogens is 4. The second kappa shape index (κ2) is 7.02. The number of thioether (sulfide) groups is 1. The first kappa shape index (κ1) is 15.2. The van der Waals surface area contributed by atoms with Crippen LogP contribution in [0.1, 0.15) is 18.9 Å². The predicted molar refractivity (Wildman–Crippen MR) is 80.2 cm³/mol. The van der Waals surface area contributed by atoms with Gasteiger partial charge in [-0.1, -0.05) is 18.7 Å². The van der Waals surface area contributed by atoms with Crippen LogP contribution in [0.4, 0.5) is 11.4 Å². The van der Waals surface area contributed by atoms with Crippen molar-refractivity contribution in [2.75, 3.05) is 11.9 Å². The summed E-state index contributed by atoms with van der Waals surface area (Å²) in [7, 11) is 1.76. The average molecular weight is 308 g/mol. The monoisotopic (exact) mass is 308 g/mol. The van der Waals surface area contributed by atoms with Gasteiger partial charge in [-0.05, 0) is 28.5 Å². The highest BCUT2D eigenvalue weighted by Gasteiger charge is 2.12. The fraction of sp³-hybridized carbons (Fsp3) is 0.417. The minimum Gasteiger partial charge on any atom is -0.385 e. The van der Waals surface area contributed by atoms with Crippen molar-refractivity contribution in [1.82, 2.24) is 20.2 Å². The summed E-state index contributed by atoms with van der Waals surface area (Å²) in [5.41, 5.74) is 1.86. The van der Waals surface area contributed by atoms with Crippen molar-refractivity contribution in [2.45, 2.75) is 24.3 Å². The number of anilines is 1. The highest BCUT2D eigenvalue weighted by molar-refractivity contribution is 7.98. The highest BCUT2D eigenvalue weighted by atomic mass is 32.2. The normalized spacial score (nSPS) is 10.6. The van der Waals surface area contributed by atoms with E-state index in [0.717, 1.165) is 24.2 Å². The molecule has 0 amide bonds. The van der Waals surface area contributed by atoms with Gasteiger partial charge in [0, 0.05) is 37.2 Å². The van der Waals surface area contributed by atoms with Crippen LogP contribution in [-0.2, 0) is 12.8 Å². The van der Waals surface area contributed by atoms with E-state index in [2.05, 4.69) is 27.8 Å². The Hall–Kier alpha value is -2.16. The first-order valence-electron chi connectivity index (χ1n) is 6.48. The van der Waals surface area contributed by atoms with E-state index in [9.17, 15) is 10.1 Å². The molecule has 0 unspecified atom stereocenters. The van der Waals surface area contributed by atoms with Crippen LogP contribution in [0.25, 0.3) is 0 Å². The van der Waals surface area contributed by atoms with Gasteiger partial charge in [0.05, 0.1) is 4.92 Å². The van der Waals surface area contributed by atoms with Gasteiger partial charge in [-0.15, -0.1) is 5.10 Å². The smallest absolute Gasteiger partial charge is 0.269 e. The van der Waals surface area contributed by atoms with E-state index >= 15 is 0 Å². The van der Waals surface area contributed by atoms with Crippen molar-refractivity contribution in [3.63, 3.8) is 0 Å². The van der Waals surface area contributed by atoms with Gasteiger partial charge >= 0.3 is 0 Å². The fourth-order valence-electron chi connectivity index (χ4n) is 1.73. The molecule has 0 saturated carbocycles. The number of aryl methyl sites for hydroxylation is 1. The van der Waals surface area contributed by atoms with Gasteiger partial charge in [-0.3, -0.25) is 10.1 Å². The van der Waals surface area contributed by atoms with Gasteiger partial charge in [0.15, 0.2) is 0 Å². The second-order valence-electron chi connectivity index (χ2n) is 4.40. The highest BCUT2D eigenvalue weighted by Crippen LogP contribution is 2.28. The molecule has 21 heavy (non-hydrogen) atoms. The standard InChI is InChI=1S/C12H16N6O2S/c1-3-6-13-11-5-4-10(18(19)20)7-9(11)8-21-12-14-15-16-17(12)2/h4-5,7,13H,3,6,8H2,1-2H3. The Labute approximate surface area is 126 Å². The summed E-state index contributed by atoms with van der Waals surface area (Å²) in [6, 6.07) is 4.85. The third-order valence-corrected chi connectivity index (χ3v) is 3.86. The van der Waals surface area contributed by atoms with Gasteiger partial charge in [0.1, 0.15) is 0 Å². The molecule has 1 aromatic carbocycles. The zero-order chi connectivity index (χ0) is 15.2. The molecule has 0 radical (unpaired) electrons. The molecule has 0 saturated heterocycles. The second-order valence-corrected chi connectivity index (χ2v) is 5.34. The molecular weight excluding hydrogens is 292 g/mol. The third kappa shape index (κ3) is 3.91. The molecule has 2 rings (SSSR count). The van der Waals surface area contributed by atoms with Crippen LogP contribution in [0, 0.1) is 10.1 Å². The number of non-ortho nitro benzene ring substituents is 1. The zero-order valence-corrected chi connectivity index (χ0v) is 12.6. The SMILES string of the molecule is CCCNc1ccc([N+](=O)[O-])cc1CSc1nnnn1C. The molecule has 0 aliphatic carbocycles. The van der Waals surface area contributed by atoms with Crippen molar-refractivity contribution in [3.05, 3.63) is 33.9 Å². The molecular formula is C12H16N6O2S.